The van der Waals surface area contributed by atoms with Crippen molar-refractivity contribution in [3.8, 4) is 0 Å². The van der Waals surface area contributed by atoms with E-state index in [1.165, 1.54) is 0 Å². The van der Waals surface area contributed by atoms with Crippen molar-refractivity contribution in [2.45, 2.75) is 6.18 Å². The molecule has 0 unspecified atom stereocenters. The fourth-order valence-electron chi connectivity index (χ4n) is 3.14. The minimum atomic E-state index is -4.77. The van der Waals surface area contributed by atoms with Crippen LogP contribution in [0, 0.1) is 0 Å². The molecule has 1 aliphatic rings. The zero-order valence-electron chi connectivity index (χ0n) is 13.3. The number of H-pyrrole nitrogens is 1. The Labute approximate surface area is 146 Å². The first kappa shape index (κ1) is 17.0. The molecule has 3 aromatic rings. The number of fused-ring (bicyclic) bond motifs is 3. The lowest BCUT2D eigenvalue weighted by Crippen LogP contribution is -2.36. The number of sulfonamides is 1. The highest BCUT2D eigenvalue weighted by molar-refractivity contribution is 7.89. The quantitative estimate of drug-likeness (QED) is 0.756. The van der Waals surface area contributed by atoms with Gasteiger partial charge < -0.3 is 4.98 Å². The van der Waals surface area contributed by atoms with Crippen LogP contribution in [0.5, 0.6) is 0 Å². The molecule has 4 heterocycles. The smallest absolute Gasteiger partial charge is 0.361 e. The Hall–Kier alpha value is -2.46. The lowest BCUT2D eigenvalue weighted by atomic mass is 10.0. The van der Waals surface area contributed by atoms with Gasteiger partial charge in [0.1, 0.15) is 0 Å². The van der Waals surface area contributed by atoms with Gasteiger partial charge in [-0.2, -0.15) is 17.5 Å². The molecule has 0 aromatic carbocycles. The van der Waals surface area contributed by atoms with Crippen molar-refractivity contribution in [3.63, 3.8) is 0 Å². The minimum absolute atomic E-state index is 0.0918. The molecule has 1 N–H and O–H groups in total. The second kappa shape index (κ2) is 5.78. The normalized spacial score (nSPS) is 16.5. The summed E-state index contributed by atoms with van der Waals surface area (Å²) in [5, 5.41) is 2.44. The van der Waals surface area contributed by atoms with E-state index in [-0.39, 0.29) is 13.1 Å². The first-order valence-corrected chi connectivity index (χ1v) is 9.30. The number of nitrogens with zero attached hydrogens (tertiary/aromatic N) is 3. The van der Waals surface area contributed by atoms with Crippen LogP contribution in [-0.2, 0) is 10.0 Å². The summed E-state index contributed by atoms with van der Waals surface area (Å²) >= 11 is 0. The van der Waals surface area contributed by atoms with E-state index in [0.717, 1.165) is 20.5 Å². The minimum Gasteiger partial charge on any atom is -0.361 e. The number of aromatic amines is 1. The molecule has 6 nitrogen and oxygen atoms in total. The summed E-state index contributed by atoms with van der Waals surface area (Å²) in [7, 11) is -4.43. The van der Waals surface area contributed by atoms with Crippen molar-refractivity contribution in [1.29, 1.82) is 0 Å². The SMILES string of the molecule is O=S(=O)(CC(F)(F)F)N1CC=C(c2[nH]ccc3cnc4nccc4c23)C1. The Balaban J connectivity index is 1.73. The molecule has 0 atom stereocenters. The summed E-state index contributed by atoms with van der Waals surface area (Å²) in [6, 6.07) is 3.63. The molecule has 0 radical (unpaired) electrons. The van der Waals surface area contributed by atoms with Crippen LogP contribution in [0.1, 0.15) is 5.69 Å². The summed E-state index contributed by atoms with van der Waals surface area (Å²) in [6.07, 6.45) is 1.83. The molecular formula is C16H13F3N4O2S. The largest absolute Gasteiger partial charge is 0.404 e. The molecule has 0 bridgehead atoms. The first-order valence-electron chi connectivity index (χ1n) is 7.69. The molecule has 10 heteroatoms. The summed E-state index contributed by atoms with van der Waals surface area (Å²) in [6.45, 7) is -0.211. The van der Waals surface area contributed by atoms with Crippen LogP contribution in [0.4, 0.5) is 13.2 Å². The Morgan fingerprint density at radius 2 is 2.04 bits per heavy atom. The molecule has 0 aliphatic carbocycles. The molecule has 3 aromatic heterocycles. The molecule has 1 aliphatic heterocycles. The van der Waals surface area contributed by atoms with Crippen LogP contribution >= 0.6 is 0 Å². The van der Waals surface area contributed by atoms with Crippen molar-refractivity contribution >= 4 is 37.4 Å². The van der Waals surface area contributed by atoms with Gasteiger partial charge in [0.25, 0.3) is 0 Å². The topological polar surface area (TPSA) is 79.0 Å². The number of alkyl halides is 3. The van der Waals surface area contributed by atoms with Crippen molar-refractivity contribution in [2.75, 3.05) is 18.8 Å². The third-order valence-corrected chi connectivity index (χ3v) is 6.01. The number of aromatic nitrogens is 3. The molecule has 0 fully saturated rings. The summed E-state index contributed by atoms with van der Waals surface area (Å²) < 4.78 is 62.4. The number of halogens is 3. The summed E-state index contributed by atoms with van der Waals surface area (Å²) in [4.78, 5) is 11.5. The van der Waals surface area contributed by atoms with E-state index in [1.807, 2.05) is 6.07 Å². The van der Waals surface area contributed by atoms with Crippen molar-refractivity contribution in [1.82, 2.24) is 19.3 Å². The van der Waals surface area contributed by atoms with Gasteiger partial charge >= 0.3 is 6.18 Å². The number of hydrogen-bond acceptors (Lipinski definition) is 4. The molecule has 0 spiro atoms. The highest BCUT2D eigenvalue weighted by atomic mass is 32.2. The molecular weight excluding hydrogens is 369 g/mol. The highest BCUT2D eigenvalue weighted by Crippen LogP contribution is 2.32. The van der Waals surface area contributed by atoms with Crippen LogP contribution in [0.25, 0.3) is 27.4 Å². The number of rotatable bonds is 3. The summed E-state index contributed by atoms with van der Waals surface area (Å²) in [5.41, 5.74) is 1.83. The Bertz CT molecular complexity index is 1140. The van der Waals surface area contributed by atoms with Crippen LogP contribution < -0.4 is 0 Å². The maximum atomic E-state index is 12.5. The van der Waals surface area contributed by atoms with Crippen LogP contribution in [-0.4, -0.2) is 52.7 Å². The van der Waals surface area contributed by atoms with Gasteiger partial charge in [-0.3, -0.25) is 0 Å². The first-order chi connectivity index (χ1) is 12.2. The third kappa shape index (κ3) is 2.95. The zero-order chi connectivity index (χ0) is 18.5. The molecule has 0 saturated heterocycles. The lowest BCUT2D eigenvalue weighted by Gasteiger charge is -2.18. The van der Waals surface area contributed by atoms with Crippen molar-refractivity contribution < 1.29 is 21.6 Å². The zero-order valence-corrected chi connectivity index (χ0v) is 14.1. The third-order valence-electron chi connectivity index (χ3n) is 4.25. The molecule has 0 saturated carbocycles. The lowest BCUT2D eigenvalue weighted by molar-refractivity contribution is -0.106. The number of nitrogens with one attached hydrogen (secondary N) is 1. The van der Waals surface area contributed by atoms with Gasteiger partial charge in [-0.25, -0.2) is 18.4 Å². The Morgan fingerprint density at radius 1 is 1.23 bits per heavy atom. The van der Waals surface area contributed by atoms with Gasteiger partial charge in [0.05, 0.1) is 5.69 Å². The van der Waals surface area contributed by atoms with Gasteiger partial charge in [-0.05, 0) is 17.7 Å². The van der Waals surface area contributed by atoms with E-state index < -0.39 is 22.0 Å². The second-order valence-corrected chi connectivity index (χ2v) is 7.99. The van der Waals surface area contributed by atoms with Crippen molar-refractivity contribution in [2.24, 2.45) is 0 Å². The van der Waals surface area contributed by atoms with E-state index in [9.17, 15) is 21.6 Å². The van der Waals surface area contributed by atoms with Gasteiger partial charge in [0, 0.05) is 47.8 Å². The predicted octanol–water partition coefficient (Wildman–Crippen LogP) is 2.70. The standard InChI is InChI=1S/C16H13F3N4O2S/c17-16(18,19)9-26(24,25)23-6-3-11(8-23)14-13-10(1-4-20-14)7-22-15-12(13)2-5-21-15/h1-5,7,20H,6,8-9H2. The number of pyridine rings is 2. The van der Waals surface area contributed by atoms with Crippen LogP contribution in [0.15, 0.2) is 36.8 Å². The van der Waals surface area contributed by atoms with Crippen LogP contribution in [0.3, 0.4) is 0 Å². The van der Waals surface area contributed by atoms with Gasteiger partial charge in [-0.1, -0.05) is 6.08 Å². The maximum Gasteiger partial charge on any atom is 0.404 e. The van der Waals surface area contributed by atoms with E-state index in [1.54, 1.807) is 30.7 Å². The molecule has 4 rings (SSSR count). The van der Waals surface area contributed by atoms with E-state index >= 15 is 0 Å². The molecule has 26 heavy (non-hydrogen) atoms. The average Bonchev–Trinajstić information content (AvgIpc) is 3.21. The van der Waals surface area contributed by atoms with Gasteiger partial charge in [0.2, 0.25) is 10.0 Å². The maximum absolute atomic E-state index is 12.5. The highest BCUT2D eigenvalue weighted by Gasteiger charge is 2.39. The predicted molar refractivity (Wildman–Crippen MR) is 90.8 cm³/mol. The van der Waals surface area contributed by atoms with E-state index in [4.69, 9.17) is 0 Å². The Morgan fingerprint density at radius 3 is 2.81 bits per heavy atom. The number of hydrogen-bond donors (Lipinski definition) is 1. The van der Waals surface area contributed by atoms with E-state index in [2.05, 4.69) is 15.0 Å². The van der Waals surface area contributed by atoms with Crippen LogP contribution in [0.2, 0.25) is 0 Å². The molecule has 0 amide bonds. The van der Waals surface area contributed by atoms with Gasteiger partial charge in [-0.15, -0.1) is 0 Å². The molecule has 136 valence electrons. The Kier molecular flexibility index (Phi) is 3.77. The average molecular weight is 382 g/mol. The van der Waals surface area contributed by atoms with Crippen molar-refractivity contribution in [3.05, 3.63) is 42.5 Å². The fourth-order valence-corrected chi connectivity index (χ4v) is 4.38. The van der Waals surface area contributed by atoms with Gasteiger partial charge in [0.15, 0.2) is 11.4 Å². The second-order valence-electron chi connectivity index (χ2n) is 6.02. The fraction of sp³-hybridized carbons (Fsp3) is 0.250. The van der Waals surface area contributed by atoms with E-state index in [0.29, 0.717) is 16.9 Å². The monoisotopic (exact) mass is 382 g/mol. The summed E-state index contributed by atoms with van der Waals surface area (Å²) in [5.74, 6) is -1.86.